The highest BCUT2D eigenvalue weighted by Gasteiger charge is 2.40. The summed E-state index contributed by atoms with van der Waals surface area (Å²) in [5.41, 5.74) is 4.05. The molecule has 0 radical (unpaired) electrons. The summed E-state index contributed by atoms with van der Waals surface area (Å²) in [4.78, 5) is 21.3. The molecule has 0 aliphatic carbocycles. The van der Waals surface area contributed by atoms with Crippen LogP contribution in [0.4, 0.5) is 0 Å². The van der Waals surface area contributed by atoms with Crippen LogP contribution in [0.2, 0.25) is 0 Å². The number of carbonyl (C=O) groups excluding carboxylic acids is 1. The van der Waals surface area contributed by atoms with Gasteiger partial charge in [0.25, 0.3) is 5.54 Å². The van der Waals surface area contributed by atoms with Crippen molar-refractivity contribution in [2.45, 2.75) is 18.9 Å². The Labute approximate surface area is 87.0 Å². The lowest BCUT2D eigenvalue weighted by atomic mass is 9.89. The number of nitrogens with zero attached hydrogens (tertiary/aromatic N) is 1. The third-order valence-corrected chi connectivity index (χ3v) is 2.32. The van der Waals surface area contributed by atoms with E-state index in [0.717, 1.165) is 0 Å². The van der Waals surface area contributed by atoms with Crippen LogP contribution in [-0.2, 0) is 10.3 Å². The number of carbonyl (C=O) groups is 1. The molecule has 0 aromatic heterocycles. The maximum absolute atomic E-state index is 11.0. The molecule has 0 fully saturated rings. The van der Waals surface area contributed by atoms with Crippen LogP contribution in [0.3, 0.4) is 0 Å². The lowest BCUT2D eigenvalue weighted by Crippen LogP contribution is -2.36. The first-order chi connectivity index (χ1) is 6.97. The van der Waals surface area contributed by atoms with Crippen LogP contribution in [0.25, 0.3) is 0 Å². The number of rotatable bonds is 4. The number of hydrogen-bond acceptors (Lipinski definition) is 3. The van der Waals surface area contributed by atoms with Gasteiger partial charge < -0.3 is 5.73 Å². The summed E-state index contributed by atoms with van der Waals surface area (Å²) in [6.45, 7) is 1.40. The van der Waals surface area contributed by atoms with Crippen LogP contribution in [0.1, 0.15) is 18.9 Å². The maximum atomic E-state index is 11.0. The molecule has 0 bridgehead atoms. The quantitative estimate of drug-likeness (QED) is 0.592. The van der Waals surface area contributed by atoms with Crippen molar-refractivity contribution in [2.75, 3.05) is 0 Å². The first-order valence-corrected chi connectivity index (χ1v) is 4.45. The van der Waals surface area contributed by atoms with Crippen LogP contribution in [0.15, 0.2) is 30.3 Å². The van der Waals surface area contributed by atoms with Crippen LogP contribution in [0.5, 0.6) is 0 Å². The Kier molecular flexibility index (Phi) is 3.04. The van der Waals surface area contributed by atoms with Gasteiger partial charge in [0.2, 0.25) is 5.91 Å². The highest BCUT2D eigenvalue weighted by molar-refractivity contribution is 5.75. The Morgan fingerprint density at radius 1 is 1.47 bits per heavy atom. The van der Waals surface area contributed by atoms with Gasteiger partial charge in [-0.2, -0.15) is 0 Å². The Morgan fingerprint density at radius 2 is 2.00 bits per heavy atom. The van der Waals surface area contributed by atoms with E-state index in [2.05, 4.69) is 0 Å². The molecule has 15 heavy (non-hydrogen) atoms. The summed E-state index contributed by atoms with van der Waals surface area (Å²) in [7, 11) is 0. The molecule has 1 amide bonds. The number of primary amides is 1. The molecule has 0 saturated heterocycles. The van der Waals surface area contributed by atoms with Gasteiger partial charge in [0.15, 0.2) is 0 Å². The minimum atomic E-state index is -1.44. The lowest BCUT2D eigenvalue weighted by molar-refractivity contribution is -0.573. The molecule has 0 aliphatic heterocycles. The number of benzene rings is 1. The van der Waals surface area contributed by atoms with Crippen molar-refractivity contribution in [2.24, 2.45) is 5.73 Å². The average Bonchev–Trinajstić information content (AvgIpc) is 2.17. The predicted molar refractivity (Wildman–Crippen MR) is 54.6 cm³/mol. The molecule has 0 heterocycles. The summed E-state index contributed by atoms with van der Waals surface area (Å²) in [5, 5.41) is 11.0. The van der Waals surface area contributed by atoms with E-state index in [1.807, 2.05) is 0 Å². The van der Waals surface area contributed by atoms with Gasteiger partial charge in [-0.3, -0.25) is 14.9 Å². The lowest BCUT2D eigenvalue weighted by Gasteiger charge is -2.19. The fourth-order valence-corrected chi connectivity index (χ4v) is 1.41. The monoisotopic (exact) mass is 208 g/mol. The van der Waals surface area contributed by atoms with Crippen molar-refractivity contribution in [1.29, 1.82) is 0 Å². The Morgan fingerprint density at radius 3 is 2.40 bits per heavy atom. The smallest absolute Gasteiger partial charge is 0.253 e. The van der Waals surface area contributed by atoms with Gasteiger partial charge in [-0.25, -0.2) is 0 Å². The summed E-state index contributed by atoms with van der Waals surface area (Å²) in [5.74, 6) is -0.682. The molecular formula is C10H12N2O3. The van der Waals surface area contributed by atoms with Gasteiger partial charge in [0, 0.05) is 17.4 Å². The third kappa shape index (κ3) is 2.31. The van der Waals surface area contributed by atoms with E-state index in [0.29, 0.717) is 5.56 Å². The molecule has 0 aliphatic rings. The topological polar surface area (TPSA) is 86.2 Å². The zero-order valence-corrected chi connectivity index (χ0v) is 8.34. The fraction of sp³-hybridized carbons (Fsp3) is 0.300. The van der Waals surface area contributed by atoms with Gasteiger partial charge >= 0.3 is 0 Å². The molecule has 1 aromatic rings. The van der Waals surface area contributed by atoms with E-state index in [1.165, 1.54) is 6.92 Å². The zero-order chi connectivity index (χ0) is 11.5. The normalized spacial score (nSPS) is 14.2. The van der Waals surface area contributed by atoms with Gasteiger partial charge in [-0.05, 0) is 0 Å². The molecule has 1 aromatic carbocycles. The van der Waals surface area contributed by atoms with Crippen molar-refractivity contribution in [3.63, 3.8) is 0 Å². The van der Waals surface area contributed by atoms with Crippen molar-refractivity contribution in [3.8, 4) is 0 Å². The SMILES string of the molecule is CC(CC(N)=O)(c1ccccc1)[N+](=O)[O-]. The fourth-order valence-electron chi connectivity index (χ4n) is 1.41. The molecule has 2 N–H and O–H groups in total. The summed E-state index contributed by atoms with van der Waals surface area (Å²) in [6.07, 6.45) is -0.302. The van der Waals surface area contributed by atoms with E-state index in [-0.39, 0.29) is 6.42 Å². The molecule has 5 nitrogen and oxygen atoms in total. The predicted octanol–water partition coefficient (Wildman–Crippen LogP) is 1.05. The number of nitro groups is 1. The van der Waals surface area contributed by atoms with Crippen molar-refractivity contribution < 1.29 is 9.72 Å². The third-order valence-electron chi connectivity index (χ3n) is 2.32. The zero-order valence-electron chi connectivity index (χ0n) is 8.34. The van der Waals surface area contributed by atoms with E-state index < -0.39 is 16.4 Å². The first kappa shape index (κ1) is 11.2. The number of amides is 1. The minimum Gasteiger partial charge on any atom is -0.369 e. The van der Waals surface area contributed by atoms with E-state index >= 15 is 0 Å². The van der Waals surface area contributed by atoms with Gasteiger partial charge in [-0.1, -0.05) is 30.3 Å². The second-order valence-electron chi connectivity index (χ2n) is 3.54. The average molecular weight is 208 g/mol. The highest BCUT2D eigenvalue weighted by Crippen LogP contribution is 2.27. The van der Waals surface area contributed by atoms with E-state index in [9.17, 15) is 14.9 Å². The molecule has 0 spiro atoms. The molecular weight excluding hydrogens is 196 g/mol. The Bertz CT molecular complexity index is 378. The molecule has 5 heteroatoms. The maximum Gasteiger partial charge on any atom is 0.253 e. The summed E-state index contributed by atoms with van der Waals surface area (Å²) in [6, 6.07) is 8.38. The Balaban J connectivity index is 3.13. The number of hydrogen-bond donors (Lipinski definition) is 1. The highest BCUT2D eigenvalue weighted by atomic mass is 16.6. The van der Waals surface area contributed by atoms with Crippen LogP contribution in [0, 0.1) is 10.1 Å². The minimum absolute atomic E-state index is 0.302. The van der Waals surface area contributed by atoms with Crippen molar-refractivity contribution in [3.05, 3.63) is 46.0 Å². The van der Waals surface area contributed by atoms with Crippen LogP contribution in [-0.4, -0.2) is 10.8 Å². The first-order valence-electron chi connectivity index (χ1n) is 4.45. The van der Waals surface area contributed by atoms with Crippen LogP contribution >= 0.6 is 0 Å². The molecule has 1 rings (SSSR count). The number of nitrogens with two attached hydrogens (primary N) is 1. The molecule has 80 valence electrons. The van der Waals surface area contributed by atoms with Gasteiger partial charge in [0.1, 0.15) is 6.42 Å². The van der Waals surface area contributed by atoms with Crippen molar-refractivity contribution >= 4 is 5.91 Å². The summed E-state index contributed by atoms with van der Waals surface area (Å²) >= 11 is 0. The Hall–Kier alpha value is -1.91. The second kappa shape index (κ2) is 4.08. The standard InChI is InChI=1S/C10H12N2O3/c1-10(12(14)15,7-9(11)13)8-5-3-2-4-6-8/h2-6H,7H2,1H3,(H2,11,13). The largest absolute Gasteiger partial charge is 0.369 e. The van der Waals surface area contributed by atoms with E-state index in [1.54, 1.807) is 30.3 Å². The molecule has 1 atom stereocenters. The van der Waals surface area contributed by atoms with Gasteiger partial charge in [-0.15, -0.1) is 0 Å². The van der Waals surface area contributed by atoms with Crippen LogP contribution < -0.4 is 5.73 Å². The second-order valence-corrected chi connectivity index (χ2v) is 3.54. The van der Waals surface area contributed by atoms with Gasteiger partial charge in [0.05, 0.1) is 0 Å². The summed E-state index contributed by atoms with van der Waals surface area (Å²) < 4.78 is 0. The van der Waals surface area contributed by atoms with Crippen molar-refractivity contribution in [1.82, 2.24) is 0 Å². The molecule has 0 saturated carbocycles. The van der Waals surface area contributed by atoms with E-state index in [4.69, 9.17) is 5.73 Å². The molecule has 1 unspecified atom stereocenters.